The van der Waals surface area contributed by atoms with E-state index in [0.29, 0.717) is 18.1 Å². The highest BCUT2D eigenvalue weighted by atomic mass is 35.5. The number of carbonyl (C=O) groups is 1. The summed E-state index contributed by atoms with van der Waals surface area (Å²) in [6.45, 7) is 4.18. The Hall–Kier alpha value is -1.50. The Morgan fingerprint density at radius 2 is 1.85 bits per heavy atom. The van der Waals surface area contributed by atoms with Crippen molar-refractivity contribution in [3.63, 3.8) is 0 Å². The van der Waals surface area contributed by atoms with Crippen LogP contribution in [0.5, 0.6) is 11.5 Å². The van der Waals surface area contributed by atoms with Crippen LogP contribution in [0.25, 0.3) is 0 Å². The highest BCUT2D eigenvalue weighted by molar-refractivity contribution is 5.85. The molecule has 0 aliphatic carbocycles. The van der Waals surface area contributed by atoms with Crippen LogP contribution in [0.3, 0.4) is 0 Å². The molecule has 1 aromatic rings. The molecule has 1 unspecified atom stereocenters. The zero-order valence-electron chi connectivity index (χ0n) is 16.1. The number of hydrogen-bond acceptors (Lipinski definition) is 5. The minimum absolute atomic E-state index is 0. The van der Waals surface area contributed by atoms with Crippen LogP contribution in [-0.2, 0) is 16.0 Å². The van der Waals surface area contributed by atoms with Crippen LogP contribution in [0.1, 0.15) is 25.3 Å². The minimum atomic E-state index is -0.425. The van der Waals surface area contributed by atoms with Gasteiger partial charge in [-0.2, -0.15) is 0 Å². The molecule has 1 atom stereocenters. The Kier molecular flexibility index (Phi) is 9.19. The molecule has 2 rings (SSSR count). The van der Waals surface area contributed by atoms with E-state index in [-0.39, 0.29) is 24.4 Å². The van der Waals surface area contributed by atoms with Gasteiger partial charge in [-0.3, -0.25) is 4.79 Å². The van der Waals surface area contributed by atoms with E-state index in [1.54, 1.807) is 21.3 Å². The largest absolute Gasteiger partial charge is 0.493 e. The normalized spacial score (nSPS) is 16.9. The molecule has 0 aromatic heterocycles. The predicted molar refractivity (Wildman–Crippen MR) is 105 cm³/mol. The van der Waals surface area contributed by atoms with E-state index in [9.17, 15) is 4.79 Å². The van der Waals surface area contributed by atoms with Gasteiger partial charge in [-0.1, -0.05) is 6.07 Å². The van der Waals surface area contributed by atoms with E-state index in [1.165, 1.54) is 0 Å². The van der Waals surface area contributed by atoms with Crippen LogP contribution in [0.15, 0.2) is 18.2 Å². The first-order valence-electron chi connectivity index (χ1n) is 8.76. The fourth-order valence-corrected chi connectivity index (χ4v) is 3.41. The van der Waals surface area contributed by atoms with Crippen LogP contribution >= 0.6 is 12.4 Å². The third-order valence-electron chi connectivity index (χ3n) is 4.83. The predicted octanol–water partition coefficient (Wildman–Crippen LogP) is 2.19. The van der Waals surface area contributed by atoms with Crippen molar-refractivity contribution in [3.05, 3.63) is 23.8 Å². The number of piperidine rings is 1. The van der Waals surface area contributed by atoms with Crippen molar-refractivity contribution in [2.24, 2.45) is 5.41 Å². The molecule has 1 aromatic carbocycles. The van der Waals surface area contributed by atoms with Gasteiger partial charge in [0.25, 0.3) is 0 Å². The lowest BCUT2D eigenvalue weighted by molar-refractivity contribution is -0.136. The highest BCUT2D eigenvalue weighted by Crippen LogP contribution is 2.30. The van der Waals surface area contributed by atoms with Crippen molar-refractivity contribution in [1.29, 1.82) is 0 Å². The maximum atomic E-state index is 12.9. The summed E-state index contributed by atoms with van der Waals surface area (Å²) >= 11 is 0. The van der Waals surface area contributed by atoms with Gasteiger partial charge in [0.05, 0.1) is 26.2 Å². The number of hydrogen-bond donors (Lipinski definition) is 2. The van der Waals surface area contributed by atoms with Crippen LogP contribution in [-0.4, -0.2) is 53.0 Å². The van der Waals surface area contributed by atoms with Gasteiger partial charge >= 0.3 is 0 Å². The second-order valence-corrected chi connectivity index (χ2v) is 6.73. The molecule has 26 heavy (non-hydrogen) atoms. The summed E-state index contributed by atoms with van der Waals surface area (Å²) in [7, 11) is 4.90. The second kappa shape index (κ2) is 10.6. The number of carbonyl (C=O) groups excluding carboxylic acids is 1. The molecular weight excluding hydrogens is 356 g/mol. The van der Waals surface area contributed by atoms with Crippen molar-refractivity contribution in [3.8, 4) is 11.5 Å². The number of amides is 1. The van der Waals surface area contributed by atoms with Gasteiger partial charge < -0.3 is 24.8 Å². The van der Waals surface area contributed by atoms with E-state index in [2.05, 4.69) is 10.6 Å². The quantitative estimate of drug-likeness (QED) is 0.716. The zero-order chi connectivity index (χ0) is 18.3. The number of halogens is 1. The van der Waals surface area contributed by atoms with Crippen molar-refractivity contribution in [2.75, 3.05) is 41.0 Å². The van der Waals surface area contributed by atoms with Gasteiger partial charge in [-0.15, -0.1) is 12.4 Å². The Bertz CT molecular complexity index is 571. The standard InChI is InChI=1S/C19H30N2O4.ClH/c1-14(11-15-5-6-16(24-3)17(12-15)25-4)21-18(22)19(13-23-2)7-9-20-10-8-19;/h5-6,12,14,20H,7-11,13H2,1-4H3,(H,21,22);1H. The summed E-state index contributed by atoms with van der Waals surface area (Å²) < 4.78 is 16.0. The molecule has 1 aliphatic heterocycles. The Labute approximate surface area is 162 Å². The molecule has 1 saturated heterocycles. The molecule has 6 nitrogen and oxygen atoms in total. The third kappa shape index (κ3) is 5.50. The summed E-state index contributed by atoms with van der Waals surface area (Å²) in [6.07, 6.45) is 2.33. The lowest BCUT2D eigenvalue weighted by Gasteiger charge is -2.36. The Balaban J connectivity index is 0.00000338. The van der Waals surface area contributed by atoms with Crippen molar-refractivity contribution in [2.45, 2.75) is 32.2 Å². The maximum Gasteiger partial charge on any atom is 0.228 e. The third-order valence-corrected chi connectivity index (χ3v) is 4.83. The molecule has 1 fully saturated rings. The summed E-state index contributed by atoms with van der Waals surface area (Å²) in [5, 5.41) is 6.48. The van der Waals surface area contributed by atoms with E-state index < -0.39 is 5.41 Å². The summed E-state index contributed by atoms with van der Waals surface area (Å²) in [4.78, 5) is 12.9. The molecule has 7 heteroatoms. The van der Waals surface area contributed by atoms with Gasteiger partial charge in [0.2, 0.25) is 5.91 Å². The number of ether oxygens (including phenoxy) is 3. The van der Waals surface area contributed by atoms with Crippen LogP contribution < -0.4 is 20.1 Å². The molecule has 2 N–H and O–H groups in total. The fourth-order valence-electron chi connectivity index (χ4n) is 3.41. The van der Waals surface area contributed by atoms with E-state index >= 15 is 0 Å². The van der Waals surface area contributed by atoms with E-state index in [0.717, 1.165) is 37.9 Å². The fraction of sp³-hybridized carbons (Fsp3) is 0.632. The van der Waals surface area contributed by atoms with Crippen LogP contribution in [0, 0.1) is 5.41 Å². The molecule has 0 bridgehead atoms. The van der Waals surface area contributed by atoms with Crippen LogP contribution in [0.4, 0.5) is 0 Å². The van der Waals surface area contributed by atoms with Gasteiger partial charge in [-0.05, 0) is 57.0 Å². The summed E-state index contributed by atoms with van der Waals surface area (Å²) in [6, 6.07) is 5.87. The average molecular weight is 387 g/mol. The van der Waals surface area contributed by atoms with E-state index in [4.69, 9.17) is 14.2 Å². The Morgan fingerprint density at radius 1 is 1.19 bits per heavy atom. The highest BCUT2D eigenvalue weighted by Gasteiger charge is 2.40. The Morgan fingerprint density at radius 3 is 2.42 bits per heavy atom. The molecule has 0 spiro atoms. The first-order valence-corrected chi connectivity index (χ1v) is 8.76. The van der Waals surface area contributed by atoms with E-state index in [1.807, 2.05) is 25.1 Å². The van der Waals surface area contributed by atoms with Gasteiger partial charge in [0.1, 0.15) is 0 Å². The minimum Gasteiger partial charge on any atom is -0.493 e. The molecule has 0 saturated carbocycles. The summed E-state index contributed by atoms with van der Waals surface area (Å²) in [5.74, 6) is 1.49. The van der Waals surface area contributed by atoms with Crippen LogP contribution in [0.2, 0.25) is 0 Å². The lowest BCUT2D eigenvalue weighted by Crippen LogP contribution is -2.52. The average Bonchev–Trinajstić information content (AvgIpc) is 2.62. The number of rotatable bonds is 8. The molecule has 148 valence electrons. The molecule has 0 radical (unpaired) electrons. The summed E-state index contributed by atoms with van der Waals surface area (Å²) in [5.41, 5.74) is 0.669. The van der Waals surface area contributed by atoms with Gasteiger partial charge in [0, 0.05) is 13.2 Å². The van der Waals surface area contributed by atoms with Crippen molar-refractivity contribution in [1.82, 2.24) is 10.6 Å². The zero-order valence-corrected chi connectivity index (χ0v) is 16.9. The molecule has 1 heterocycles. The van der Waals surface area contributed by atoms with Crippen molar-refractivity contribution < 1.29 is 19.0 Å². The topological polar surface area (TPSA) is 68.8 Å². The van der Waals surface area contributed by atoms with Gasteiger partial charge in [-0.25, -0.2) is 0 Å². The molecular formula is C19H31ClN2O4. The number of methoxy groups -OCH3 is 3. The lowest BCUT2D eigenvalue weighted by atomic mass is 9.78. The molecule has 1 amide bonds. The second-order valence-electron chi connectivity index (χ2n) is 6.73. The number of nitrogens with one attached hydrogen (secondary N) is 2. The monoisotopic (exact) mass is 386 g/mol. The number of benzene rings is 1. The van der Waals surface area contributed by atoms with Crippen molar-refractivity contribution >= 4 is 18.3 Å². The maximum absolute atomic E-state index is 12.9. The first-order chi connectivity index (χ1) is 12.0. The molecule has 1 aliphatic rings. The smallest absolute Gasteiger partial charge is 0.228 e. The van der Waals surface area contributed by atoms with Gasteiger partial charge in [0.15, 0.2) is 11.5 Å². The first kappa shape index (κ1) is 22.5. The SMILES string of the molecule is COCC1(C(=O)NC(C)Cc2ccc(OC)c(OC)c2)CCNCC1.Cl.